The maximum Gasteiger partial charge on any atom is 0.167 e. The van der Waals surface area contributed by atoms with Crippen LogP contribution in [0.2, 0.25) is 0 Å². The molecule has 270 valence electrons. The van der Waals surface area contributed by atoms with E-state index in [4.69, 9.17) is 19.4 Å². The van der Waals surface area contributed by atoms with Crippen molar-refractivity contribution in [1.82, 2.24) is 15.0 Å². The van der Waals surface area contributed by atoms with Gasteiger partial charge in [-0.1, -0.05) is 188 Å². The van der Waals surface area contributed by atoms with Crippen molar-refractivity contribution < 1.29 is 4.42 Å². The van der Waals surface area contributed by atoms with Crippen LogP contribution >= 0.6 is 0 Å². The van der Waals surface area contributed by atoms with Crippen molar-refractivity contribution in [2.24, 2.45) is 0 Å². The molecule has 11 aromatic rings. The Balaban J connectivity index is 1.19. The molecule has 0 saturated carbocycles. The monoisotopic (exact) mass is 739 g/mol. The number of aromatic nitrogens is 3. The molecule has 0 atom stereocenters. The Hall–Kier alpha value is -7.69. The molecule has 12 rings (SSSR count). The van der Waals surface area contributed by atoms with Gasteiger partial charge in [0.2, 0.25) is 0 Å². The second-order valence-corrected chi connectivity index (χ2v) is 15.0. The van der Waals surface area contributed by atoms with Crippen LogP contribution in [-0.2, 0) is 5.41 Å². The normalized spacial score (nSPS) is 13.0. The molecule has 58 heavy (non-hydrogen) atoms. The Morgan fingerprint density at radius 2 is 0.810 bits per heavy atom. The number of rotatable bonds is 5. The van der Waals surface area contributed by atoms with Gasteiger partial charge in [0.25, 0.3) is 0 Å². The zero-order valence-electron chi connectivity index (χ0n) is 31.3. The highest BCUT2D eigenvalue weighted by molar-refractivity contribution is 6.14. The molecule has 0 N–H and O–H groups in total. The van der Waals surface area contributed by atoms with Gasteiger partial charge < -0.3 is 4.42 Å². The lowest BCUT2D eigenvalue weighted by atomic mass is 9.66. The highest BCUT2D eigenvalue weighted by Crippen LogP contribution is 2.57. The lowest BCUT2D eigenvalue weighted by Gasteiger charge is -2.35. The summed E-state index contributed by atoms with van der Waals surface area (Å²) in [6.07, 6.45) is 0. The van der Waals surface area contributed by atoms with E-state index >= 15 is 0 Å². The fourth-order valence-electron chi connectivity index (χ4n) is 9.59. The van der Waals surface area contributed by atoms with Gasteiger partial charge in [0.1, 0.15) is 11.2 Å². The highest BCUT2D eigenvalue weighted by atomic mass is 16.3. The summed E-state index contributed by atoms with van der Waals surface area (Å²) in [7, 11) is 0. The van der Waals surface area contributed by atoms with Crippen LogP contribution in [0.3, 0.4) is 0 Å². The van der Waals surface area contributed by atoms with Crippen molar-refractivity contribution >= 4 is 43.5 Å². The van der Waals surface area contributed by atoms with Crippen LogP contribution < -0.4 is 0 Å². The first-order valence-electron chi connectivity index (χ1n) is 19.7. The van der Waals surface area contributed by atoms with Gasteiger partial charge >= 0.3 is 0 Å². The van der Waals surface area contributed by atoms with Gasteiger partial charge in [-0.25, -0.2) is 15.0 Å². The van der Waals surface area contributed by atoms with Crippen molar-refractivity contribution in [3.05, 3.63) is 222 Å². The highest BCUT2D eigenvalue weighted by Gasteiger charge is 2.47. The van der Waals surface area contributed by atoms with Gasteiger partial charge in [0.15, 0.2) is 17.5 Å². The first kappa shape index (κ1) is 32.5. The van der Waals surface area contributed by atoms with Gasteiger partial charge in [-0.2, -0.15) is 0 Å². The molecular weight excluding hydrogens is 707 g/mol. The third-order valence-electron chi connectivity index (χ3n) is 12.0. The number of hydrogen-bond acceptors (Lipinski definition) is 4. The van der Waals surface area contributed by atoms with Crippen LogP contribution in [0.1, 0.15) is 22.3 Å². The fraction of sp³-hybridized carbons (Fsp3) is 0.0185. The Morgan fingerprint density at radius 3 is 1.57 bits per heavy atom. The molecule has 2 aromatic heterocycles. The second kappa shape index (κ2) is 12.7. The molecule has 1 aliphatic carbocycles. The Labute approximate surface area is 334 Å². The Bertz CT molecular complexity index is 3370. The summed E-state index contributed by atoms with van der Waals surface area (Å²) in [5.74, 6) is 1.75. The average Bonchev–Trinajstić information content (AvgIpc) is 3.83. The summed E-state index contributed by atoms with van der Waals surface area (Å²) in [5.41, 5.74) is 10.8. The van der Waals surface area contributed by atoms with E-state index in [1.54, 1.807) is 0 Å². The SMILES string of the molecule is c1ccc(C2(c3ccccc3-c3nc(-c4cccc5c4oc4ccccc45)nc(-c4cccc5ccc6ccccc6c45)n3)c3ccccc3-c3ccccc32)cc1. The van der Waals surface area contributed by atoms with Crippen molar-refractivity contribution in [2.45, 2.75) is 5.41 Å². The molecule has 1 aliphatic rings. The number of benzene rings is 9. The molecule has 4 nitrogen and oxygen atoms in total. The van der Waals surface area contributed by atoms with Crippen molar-refractivity contribution in [3.8, 4) is 45.3 Å². The molecule has 4 heteroatoms. The molecule has 0 amide bonds. The molecule has 9 aromatic carbocycles. The third-order valence-corrected chi connectivity index (χ3v) is 12.0. The largest absolute Gasteiger partial charge is 0.455 e. The zero-order valence-corrected chi connectivity index (χ0v) is 31.3. The summed E-state index contributed by atoms with van der Waals surface area (Å²) in [4.78, 5) is 16.3. The fourth-order valence-corrected chi connectivity index (χ4v) is 9.59. The van der Waals surface area contributed by atoms with E-state index in [9.17, 15) is 0 Å². The zero-order chi connectivity index (χ0) is 38.2. The van der Waals surface area contributed by atoms with Gasteiger partial charge in [0, 0.05) is 27.3 Å². The predicted octanol–water partition coefficient (Wildman–Crippen LogP) is 13.4. The summed E-state index contributed by atoms with van der Waals surface area (Å²) >= 11 is 0. The number of fused-ring (bicyclic) bond motifs is 9. The maximum absolute atomic E-state index is 6.61. The number of nitrogens with zero attached hydrogens (tertiary/aromatic N) is 3. The van der Waals surface area contributed by atoms with E-state index in [-0.39, 0.29) is 0 Å². The van der Waals surface area contributed by atoms with Crippen LogP contribution in [0.25, 0.3) is 88.8 Å². The first-order valence-corrected chi connectivity index (χ1v) is 19.7. The molecule has 0 saturated heterocycles. The first-order chi connectivity index (χ1) is 28.8. The predicted molar refractivity (Wildman–Crippen MR) is 236 cm³/mol. The van der Waals surface area contributed by atoms with Crippen LogP contribution in [0, 0.1) is 0 Å². The van der Waals surface area contributed by atoms with Crippen molar-refractivity contribution in [2.75, 3.05) is 0 Å². The van der Waals surface area contributed by atoms with E-state index in [1.165, 1.54) is 27.8 Å². The molecule has 0 bridgehead atoms. The van der Waals surface area contributed by atoms with E-state index in [0.29, 0.717) is 17.5 Å². The van der Waals surface area contributed by atoms with Crippen LogP contribution in [-0.4, -0.2) is 15.0 Å². The van der Waals surface area contributed by atoms with Gasteiger partial charge in [-0.3, -0.25) is 0 Å². The Morgan fingerprint density at radius 1 is 0.328 bits per heavy atom. The van der Waals surface area contributed by atoms with Crippen LogP contribution in [0.5, 0.6) is 0 Å². The molecule has 0 spiro atoms. The summed E-state index contributed by atoms with van der Waals surface area (Å²) in [5, 5.41) is 6.64. The van der Waals surface area contributed by atoms with Crippen LogP contribution in [0.15, 0.2) is 205 Å². The van der Waals surface area contributed by atoms with Gasteiger partial charge in [-0.15, -0.1) is 0 Å². The Kier molecular flexibility index (Phi) is 7.11. The lowest BCUT2D eigenvalue weighted by molar-refractivity contribution is 0.669. The van der Waals surface area contributed by atoms with Crippen LogP contribution in [0.4, 0.5) is 0 Å². The second-order valence-electron chi connectivity index (χ2n) is 15.0. The number of furan rings is 1. The standard InChI is InChI=1S/C54H33N3O/c1-2-18-36(19-3-1)54(45-28-10-6-21-38(45)39-22-7-11-29-46(39)54)47-30-12-8-24-42(47)51-55-52(43-26-14-17-35-33-32-34-16-4-5-20-37(34)49(35)43)57-53(56-51)44-27-15-25-41-40-23-9-13-31-48(40)58-50(41)44/h1-33H. The third kappa shape index (κ3) is 4.66. The molecular formula is C54H33N3O. The van der Waals surface area contributed by atoms with E-state index in [2.05, 4.69) is 182 Å². The average molecular weight is 740 g/mol. The van der Waals surface area contributed by atoms with E-state index in [1.807, 2.05) is 18.2 Å². The quantitative estimate of drug-likeness (QED) is 0.165. The van der Waals surface area contributed by atoms with Gasteiger partial charge in [-0.05, 0) is 61.7 Å². The summed E-state index contributed by atoms with van der Waals surface area (Å²) in [6.45, 7) is 0. The number of para-hydroxylation sites is 2. The van der Waals surface area contributed by atoms with E-state index < -0.39 is 5.41 Å². The minimum atomic E-state index is -0.646. The summed E-state index contributed by atoms with van der Waals surface area (Å²) < 4.78 is 6.61. The topological polar surface area (TPSA) is 51.8 Å². The lowest BCUT2D eigenvalue weighted by Crippen LogP contribution is -2.29. The smallest absolute Gasteiger partial charge is 0.167 e. The molecule has 0 fully saturated rings. The molecule has 2 heterocycles. The van der Waals surface area contributed by atoms with E-state index in [0.717, 1.165) is 65.7 Å². The minimum absolute atomic E-state index is 0.553. The number of hydrogen-bond donors (Lipinski definition) is 0. The van der Waals surface area contributed by atoms with Crippen molar-refractivity contribution in [1.29, 1.82) is 0 Å². The van der Waals surface area contributed by atoms with Crippen molar-refractivity contribution in [3.63, 3.8) is 0 Å². The molecule has 0 aliphatic heterocycles. The maximum atomic E-state index is 6.61. The minimum Gasteiger partial charge on any atom is -0.455 e. The molecule has 0 radical (unpaired) electrons. The molecule has 0 unspecified atom stereocenters. The van der Waals surface area contributed by atoms with Gasteiger partial charge in [0.05, 0.1) is 11.0 Å². The summed E-state index contributed by atoms with van der Waals surface area (Å²) in [6, 6.07) is 70.9.